The van der Waals surface area contributed by atoms with Crippen molar-refractivity contribution >= 4 is 23.4 Å². The largest absolute Gasteiger partial charge is 0.383 e. The summed E-state index contributed by atoms with van der Waals surface area (Å²) >= 11 is 5.88. The van der Waals surface area contributed by atoms with Gasteiger partial charge >= 0.3 is 0 Å². The second-order valence-corrected chi connectivity index (χ2v) is 7.02. The molecular weight excluding hydrogens is 328 g/mol. The standard InChI is InChI=1S/C18H25ClN2O3/c1-13(2)18(9-8-16(22)21(12-18)10-11-24-3)20-17(23)14-4-6-15(19)7-5-14/h4-7,13H,8-12H2,1-3H3,(H,20,23). The minimum absolute atomic E-state index is 0.115. The fourth-order valence-electron chi connectivity index (χ4n) is 3.02. The Labute approximate surface area is 148 Å². The van der Waals surface area contributed by atoms with Gasteiger partial charge < -0.3 is 15.0 Å². The number of nitrogens with zero attached hydrogens (tertiary/aromatic N) is 1. The van der Waals surface area contributed by atoms with E-state index in [4.69, 9.17) is 16.3 Å². The molecule has 0 bridgehead atoms. The first-order chi connectivity index (χ1) is 11.4. The van der Waals surface area contributed by atoms with E-state index in [1.807, 2.05) is 0 Å². The Hall–Kier alpha value is -1.59. The van der Waals surface area contributed by atoms with Gasteiger partial charge in [-0.1, -0.05) is 25.4 Å². The van der Waals surface area contributed by atoms with Crippen molar-refractivity contribution in [2.45, 2.75) is 32.2 Å². The highest BCUT2D eigenvalue weighted by atomic mass is 35.5. The van der Waals surface area contributed by atoms with E-state index < -0.39 is 5.54 Å². The minimum Gasteiger partial charge on any atom is -0.383 e. The smallest absolute Gasteiger partial charge is 0.251 e. The molecule has 0 spiro atoms. The predicted molar refractivity (Wildman–Crippen MR) is 94.2 cm³/mol. The molecule has 5 nitrogen and oxygen atoms in total. The second kappa shape index (κ2) is 7.99. The van der Waals surface area contributed by atoms with Crippen LogP contribution in [0.5, 0.6) is 0 Å². The summed E-state index contributed by atoms with van der Waals surface area (Å²) in [5.41, 5.74) is 0.137. The highest BCUT2D eigenvalue weighted by molar-refractivity contribution is 6.30. The van der Waals surface area contributed by atoms with Crippen LogP contribution in [-0.2, 0) is 9.53 Å². The van der Waals surface area contributed by atoms with Crippen molar-refractivity contribution in [2.24, 2.45) is 5.92 Å². The SMILES string of the molecule is COCCN1CC(NC(=O)c2ccc(Cl)cc2)(C(C)C)CCC1=O. The van der Waals surface area contributed by atoms with Crippen LogP contribution in [0.3, 0.4) is 0 Å². The van der Waals surface area contributed by atoms with E-state index in [1.165, 1.54) is 0 Å². The van der Waals surface area contributed by atoms with E-state index in [0.717, 1.165) is 0 Å². The zero-order valence-electron chi connectivity index (χ0n) is 14.5. The molecule has 1 aliphatic rings. The molecule has 1 saturated heterocycles. The number of benzene rings is 1. The molecule has 0 aromatic heterocycles. The Morgan fingerprint density at radius 1 is 1.38 bits per heavy atom. The van der Waals surface area contributed by atoms with Crippen molar-refractivity contribution in [2.75, 3.05) is 26.8 Å². The first kappa shape index (κ1) is 18.7. The maximum absolute atomic E-state index is 12.7. The molecule has 1 N–H and O–H groups in total. The molecule has 0 radical (unpaired) electrons. The van der Waals surface area contributed by atoms with Crippen molar-refractivity contribution < 1.29 is 14.3 Å². The lowest BCUT2D eigenvalue weighted by Gasteiger charge is -2.46. The molecule has 24 heavy (non-hydrogen) atoms. The molecule has 1 unspecified atom stereocenters. The van der Waals surface area contributed by atoms with Crippen LogP contribution in [0.25, 0.3) is 0 Å². The lowest BCUT2D eigenvalue weighted by Crippen LogP contribution is -2.63. The number of carbonyl (C=O) groups is 2. The van der Waals surface area contributed by atoms with E-state index >= 15 is 0 Å². The summed E-state index contributed by atoms with van der Waals surface area (Å²) in [5.74, 6) is 0.178. The number of carbonyl (C=O) groups excluding carboxylic acids is 2. The summed E-state index contributed by atoms with van der Waals surface area (Å²) < 4.78 is 5.09. The number of halogens is 1. The molecule has 0 saturated carbocycles. The number of nitrogens with one attached hydrogen (secondary N) is 1. The van der Waals surface area contributed by atoms with Crippen LogP contribution in [0.15, 0.2) is 24.3 Å². The molecule has 2 rings (SSSR count). The van der Waals surface area contributed by atoms with Gasteiger partial charge in [-0.15, -0.1) is 0 Å². The fourth-order valence-corrected chi connectivity index (χ4v) is 3.14. The lowest BCUT2D eigenvalue weighted by atomic mass is 9.78. The van der Waals surface area contributed by atoms with E-state index in [-0.39, 0.29) is 17.7 Å². The molecule has 1 fully saturated rings. The fraction of sp³-hybridized carbons (Fsp3) is 0.556. The highest BCUT2D eigenvalue weighted by Crippen LogP contribution is 2.30. The monoisotopic (exact) mass is 352 g/mol. The number of ether oxygens (including phenoxy) is 1. The van der Waals surface area contributed by atoms with Crippen LogP contribution in [0.1, 0.15) is 37.0 Å². The van der Waals surface area contributed by atoms with Crippen LogP contribution in [0.4, 0.5) is 0 Å². The maximum atomic E-state index is 12.7. The molecule has 2 amide bonds. The topological polar surface area (TPSA) is 58.6 Å². The summed E-state index contributed by atoms with van der Waals surface area (Å²) in [5, 5.41) is 3.77. The van der Waals surface area contributed by atoms with Crippen LogP contribution in [0.2, 0.25) is 5.02 Å². The van der Waals surface area contributed by atoms with E-state index in [2.05, 4.69) is 19.2 Å². The first-order valence-electron chi connectivity index (χ1n) is 8.23. The van der Waals surface area contributed by atoms with Crippen molar-refractivity contribution in [1.82, 2.24) is 10.2 Å². The molecule has 1 atom stereocenters. The van der Waals surface area contributed by atoms with Gasteiger partial charge in [0.05, 0.1) is 12.1 Å². The Morgan fingerprint density at radius 3 is 2.62 bits per heavy atom. The normalized spacial score (nSPS) is 21.2. The van der Waals surface area contributed by atoms with E-state index in [0.29, 0.717) is 43.1 Å². The number of methoxy groups -OCH3 is 1. The van der Waals surface area contributed by atoms with Crippen LogP contribution >= 0.6 is 11.6 Å². The Balaban J connectivity index is 2.16. The van der Waals surface area contributed by atoms with Crippen molar-refractivity contribution in [3.63, 3.8) is 0 Å². The lowest BCUT2D eigenvalue weighted by molar-refractivity contribution is -0.137. The molecule has 1 aromatic rings. The summed E-state index contributed by atoms with van der Waals surface area (Å²) in [7, 11) is 1.62. The highest BCUT2D eigenvalue weighted by Gasteiger charge is 2.42. The number of amides is 2. The number of piperidine rings is 1. The molecule has 6 heteroatoms. The Bertz CT molecular complexity index is 588. The van der Waals surface area contributed by atoms with Crippen molar-refractivity contribution in [3.8, 4) is 0 Å². The van der Waals surface area contributed by atoms with Crippen molar-refractivity contribution in [1.29, 1.82) is 0 Å². The Morgan fingerprint density at radius 2 is 2.04 bits per heavy atom. The molecule has 1 aliphatic heterocycles. The van der Waals surface area contributed by atoms with Gasteiger partial charge in [0.2, 0.25) is 5.91 Å². The van der Waals surface area contributed by atoms with Gasteiger partial charge in [-0.2, -0.15) is 0 Å². The average Bonchev–Trinajstić information content (AvgIpc) is 2.55. The summed E-state index contributed by atoms with van der Waals surface area (Å²) in [4.78, 5) is 26.6. The maximum Gasteiger partial charge on any atom is 0.251 e. The van der Waals surface area contributed by atoms with E-state index in [1.54, 1.807) is 36.3 Å². The second-order valence-electron chi connectivity index (χ2n) is 6.58. The zero-order valence-corrected chi connectivity index (χ0v) is 15.2. The number of hydrogen-bond donors (Lipinski definition) is 1. The van der Waals surface area contributed by atoms with Gasteiger partial charge in [-0.3, -0.25) is 9.59 Å². The third kappa shape index (κ3) is 4.28. The van der Waals surface area contributed by atoms with E-state index in [9.17, 15) is 9.59 Å². The van der Waals surface area contributed by atoms with Gasteiger partial charge in [-0.05, 0) is 36.6 Å². The van der Waals surface area contributed by atoms with Gasteiger partial charge in [-0.25, -0.2) is 0 Å². The predicted octanol–water partition coefficient (Wildman–Crippen LogP) is 2.73. The van der Waals surface area contributed by atoms with Crippen LogP contribution < -0.4 is 5.32 Å². The molecular formula is C18H25ClN2O3. The molecule has 0 aliphatic carbocycles. The third-order valence-corrected chi connectivity index (χ3v) is 5.00. The van der Waals surface area contributed by atoms with Crippen LogP contribution in [-0.4, -0.2) is 49.1 Å². The number of hydrogen-bond acceptors (Lipinski definition) is 3. The summed E-state index contributed by atoms with van der Waals surface area (Å²) in [6.45, 7) is 5.69. The summed E-state index contributed by atoms with van der Waals surface area (Å²) in [6.07, 6.45) is 1.08. The van der Waals surface area contributed by atoms with Gasteiger partial charge in [0, 0.05) is 37.2 Å². The Kier molecular flexibility index (Phi) is 6.24. The minimum atomic E-state index is -0.432. The molecule has 132 valence electrons. The average molecular weight is 353 g/mol. The van der Waals surface area contributed by atoms with Crippen molar-refractivity contribution in [3.05, 3.63) is 34.9 Å². The summed E-state index contributed by atoms with van der Waals surface area (Å²) in [6, 6.07) is 6.83. The van der Waals surface area contributed by atoms with Gasteiger partial charge in [0.25, 0.3) is 5.91 Å². The zero-order chi connectivity index (χ0) is 17.7. The molecule has 1 aromatic carbocycles. The van der Waals surface area contributed by atoms with Crippen LogP contribution in [0, 0.1) is 5.92 Å². The third-order valence-electron chi connectivity index (χ3n) is 4.75. The molecule has 1 heterocycles. The van der Waals surface area contributed by atoms with Gasteiger partial charge in [0.1, 0.15) is 0 Å². The number of rotatable bonds is 6. The first-order valence-corrected chi connectivity index (χ1v) is 8.60. The number of likely N-dealkylation sites (tertiary alicyclic amines) is 1. The quantitative estimate of drug-likeness (QED) is 0.856. The van der Waals surface area contributed by atoms with Gasteiger partial charge in [0.15, 0.2) is 0 Å².